The molecule has 0 aromatic heterocycles. The molecule has 2 bridgehead atoms. The monoisotopic (exact) mass is 607 g/mol. The van der Waals surface area contributed by atoms with Gasteiger partial charge in [-0.1, -0.05) is 20.8 Å². The Morgan fingerprint density at radius 1 is 0.837 bits per heavy atom. The minimum Gasteiger partial charge on any atom is -0.381 e. The molecule has 4 amide bonds. The van der Waals surface area contributed by atoms with Crippen LogP contribution in [-0.4, -0.2) is 124 Å². The average molecular weight is 608 g/mol. The molecule has 0 radical (unpaired) electrons. The lowest BCUT2D eigenvalue weighted by atomic mass is 9.80. The number of likely N-dealkylation sites (tertiary alicyclic amines) is 2. The van der Waals surface area contributed by atoms with Crippen LogP contribution in [0.2, 0.25) is 0 Å². The highest BCUT2D eigenvalue weighted by atomic mass is 16.5. The number of nitrogens with zero attached hydrogens (tertiary/aromatic N) is 2. The van der Waals surface area contributed by atoms with Gasteiger partial charge >= 0.3 is 0 Å². The van der Waals surface area contributed by atoms with E-state index in [-0.39, 0.29) is 72.2 Å². The van der Waals surface area contributed by atoms with Crippen LogP contribution in [0.4, 0.5) is 0 Å². The van der Waals surface area contributed by atoms with Crippen molar-refractivity contribution in [2.24, 2.45) is 17.3 Å². The summed E-state index contributed by atoms with van der Waals surface area (Å²) in [5, 5.41) is 9.18. The molecule has 0 unspecified atom stereocenters. The van der Waals surface area contributed by atoms with Crippen molar-refractivity contribution >= 4 is 23.6 Å². The fraction of sp³-hybridized carbons (Fsp3) is 0.871. The topological polar surface area (TPSA) is 139 Å². The maximum absolute atomic E-state index is 13.6. The van der Waals surface area contributed by atoms with Gasteiger partial charge in [0.1, 0.15) is 6.61 Å². The molecule has 4 saturated heterocycles. The molecule has 0 aromatic rings. The maximum Gasteiger partial charge on any atom is 0.246 e. The first-order chi connectivity index (χ1) is 20.6. The zero-order valence-electron chi connectivity index (χ0n) is 26.4. The van der Waals surface area contributed by atoms with E-state index in [9.17, 15) is 19.2 Å². The minimum absolute atomic E-state index is 0.0278. The van der Waals surface area contributed by atoms with E-state index < -0.39 is 0 Å². The summed E-state index contributed by atoms with van der Waals surface area (Å²) in [6.07, 6.45) is 4.58. The zero-order chi connectivity index (χ0) is 30.8. The molecule has 12 nitrogen and oxygen atoms in total. The summed E-state index contributed by atoms with van der Waals surface area (Å²) in [5.74, 6) is 0.115. The first-order valence-electron chi connectivity index (χ1n) is 16.2. The highest BCUT2D eigenvalue weighted by molar-refractivity contribution is 5.83. The third-order valence-corrected chi connectivity index (χ3v) is 9.03. The molecule has 4 aliphatic rings. The second kappa shape index (κ2) is 16.2. The van der Waals surface area contributed by atoms with Crippen molar-refractivity contribution in [1.82, 2.24) is 25.8 Å². The van der Waals surface area contributed by atoms with Gasteiger partial charge in [0, 0.05) is 70.9 Å². The Balaban J connectivity index is 1.44. The number of hydrogen-bond donors (Lipinski definition) is 3. The van der Waals surface area contributed by atoms with Crippen LogP contribution < -0.4 is 16.0 Å². The second-order valence-electron chi connectivity index (χ2n) is 13.7. The first-order valence-corrected chi connectivity index (χ1v) is 16.2. The number of ether oxygens (including phenoxy) is 3. The van der Waals surface area contributed by atoms with Crippen LogP contribution in [0, 0.1) is 17.3 Å². The lowest BCUT2D eigenvalue weighted by molar-refractivity contribution is -0.136. The largest absolute Gasteiger partial charge is 0.381 e. The van der Waals surface area contributed by atoms with E-state index in [1.54, 1.807) is 0 Å². The number of piperidine rings is 1. The number of carbonyl (C=O) groups excluding carboxylic acids is 4. The molecule has 4 aliphatic heterocycles. The fourth-order valence-electron chi connectivity index (χ4n) is 6.84. The molecule has 12 heteroatoms. The lowest BCUT2D eigenvalue weighted by Crippen LogP contribution is -2.50. The predicted octanol–water partition coefficient (Wildman–Crippen LogP) is 0.685. The minimum atomic E-state index is -0.338. The van der Waals surface area contributed by atoms with Gasteiger partial charge in [-0.25, -0.2) is 0 Å². The summed E-state index contributed by atoms with van der Waals surface area (Å²) in [5.41, 5.74) is -0.0973. The van der Waals surface area contributed by atoms with Crippen molar-refractivity contribution in [2.45, 2.75) is 83.8 Å². The van der Waals surface area contributed by atoms with Crippen molar-refractivity contribution < 1.29 is 33.4 Å². The van der Waals surface area contributed by atoms with Gasteiger partial charge in [-0.05, 0) is 49.4 Å². The van der Waals surface area contributed by atoms with Crippen LogP contribution in [0.25, 0.3) is 0 Å². The Labute approximate surface area is 256 Å². The van der Waals surface area contributed by atoms with Crippen molar-refractivity contribution in [2.75, 3.05) is 72.4 Å². The van der Waals surface area contributed by atoms with E-state index in [0.29, 0.717) is 84.8 Å². The number of carbonyl (C=O) groups is 4. The normalized spacial score (nSPS) is 30.4. The summed E-state index contributed by atoms with van der Waals surface area (Å²) in [6.45, 7) is 11.2. The summed E-state index contributed by atoms with van der Waals surface area (Å²) < 4.78 is 16.6. The predicted molar refractivity (Wildman–Crippen MR) is 160 cm³/mol. The van der Waals surface area contributed by atoms with Crippen LogP contribution in [0.5, 0.6) is 0 Å². The number of amides is 4. The lowest BCUT2D eigenvalue weighted by Gasteiger charge is -2.39. The second-order valence-corrected chi connectivity index (χ2v) is 13.7. The Bertz CT molecular complexity index is 951. The molecule has 244 valence electrons. The van der Waals surface area contributed by atoms with Gasteiger partial charge in [-0.2, -0.15) is 0 Å². The molecule has 4 atom stereocenters. The molecular weight excluding hydrogens is 554 g/mol. The standard InChI is InChI=1S/C31H53N5O7/c1-31(2,3)18-29(39)35-10-5-22-16-27(37)32-9-13-42-14-15-43-21-28(38)34-24-17-26(30(40)33-8-4-23(22)19-35)36(20-24)25-6-11-41-12-7-25/h22-26H,4-21H2,1-3H3,(H,32,37)(H,33,40)(H,34,38)/t22-,23-,24+,26+/m0/s1. The molecule has 4 heterocycles. The van der Waals surface area contributed by atoms with Gasteiger partial charge in [0.2, 0.25) is 23.6 Å². The average Bonchev–Trinajstić information content (AvgIpc) is 3.38. The quantitative estimate of drug-likeness (QED) is 0.417. The SMILES string of the molecule is CC(C)(C)CC(=O)N1CC[C@H]2CC(=O)NCCOCCOCC(=O)N[C@@H]3C[C@H](C(=O)NCC[C@H]2C1)N(C1CCOCC1)C3. The van der Waals surface area contributed by atoms with Gasteiger partial charge in [0.05, 0.1) is 25.9 Å². The highest BCUT2D eigenvalue weighted by Gasteiger charge is 2.41. The van der Waals surface area contributed by atoms with E-state index in [1.807, 2.05) is 4.90 Å². The molecule has 0 aromatic carbocycles. The van der Waals surface area contributed by atoms with Crippen LogP contribution in [-0.2, 0) is 33.4 Å². The molecule has 0 saturated carbocycles. The van der Waals surface area contributed by atoms with E-state index in [2.05, 4.69) is 41.6 Å². The van der Waals surface area contributed by atoms with Crippen molar-refractivity contribution in [1.29, 1.82) is 0 Å². The van der Waals surface area contributed by atoms with E-state index >= 15 is 0 Å². The van der Waals surface area contributed by atoms with Crippen molar-refractivity contribution in [3.05, 3.63) is 0 Å². The van der Waals surface area contributed by atoms with Gasteiger partial charge in [0.25, 0.3) is 0 Å². The van der Waals surface area contributed by atoms with Crippen molar-refractivity contribution in [3.63, 3.8) is 0 Å². The van der Waals surface area contributed by atoms with Crippen molar-refractivity contribution in [3.8, 4) is 0 Å². The van der Waals surface area contributed by atoms with E-state index in [4.69, 9.17) is 14.2 Å². The number of rotatable bonds is 2. The zero-order valence-corrected chi connectivity index (χ0v) is 26.4. The Hall–Kier alpha value is -2.28. The van der Waals surface area contributed by atoms with E-state index in [0.717, 1.165) is 19.3 Å². The third-order valence-electron chi connectivity index (χ3n) is 9.03. The fourth-order valence-corrected chi connectivity index (χ4v) is 6.84. The Morgan fingerprint density at radius 2 is 1.58 bits per heavy atom. The van der Waals surface area contributed by atoms with Crippen LogP contribution >= 0.6 is 0 Å². The molecule has 4 rings (SSSR count). The van der Waals surface area contributed by atoms with Crippen LogP contribution in [0.1, 0.15) is 65.7 Å². The van der Waals surface area contributed by atoms with Gasteiger partial charge in [0.15, 0.2) is 0 Å². The summed E-state index contributed by atoms with van der Waals surface area (Å²) in [4.78, 5) is 56.3. The Kier molecular flexibility index (Phi) is 12.6. The third kappa shape index (κ3) is 10.7. The molecule has 43 heavy (non-hydrogen) atoms. The maximum atomic E-state index is 13.6. The molecule has 0 aliphatic carbocycles. The number of hydrogen-bond acceptors (Lipinski definition) is 8. The summed E-state index contributed by atoms with van der Waals surface area (Å²) >= 11 is 0. The molecular formula is C31H53N5O7. The summed E-state index contributed by atoms with van der Waals surface area (Å²) in [7, 11) is 0. The number of fused-ring (bicyclic) bond motifs is 3. The molecule has 3 N–H and O–H groups in total. The van der Waals surface area contributed by atoms with Gasteiger partial charge < -0.3 is 35.1 Å². The first kappa shape index (κ1) is 33.6. The smallest absolute Gasteiger partial charge is 0.246 e. The van der Waals surface area contributed by atoms with Crippen LogP contribution in [0.15, 0.2) is 0 Å². The van der Waals surface area contributed by atoms with Crippen LogP contribution in [0.3, 0.4) is 0 Å². The molecule has 0 spiro atoms. The highest BCUT2D eigenvalue weighted by Crippen LogP contribution is 2.31. The summed E-state index contributed by atoms with van der Waals surface area (Å²) in [6, 6.07) is -0.245. The number of nitrogens with one attached hydrogen (secondary N) is 3. The van der Waals surface area contributed by atoms with Gasteiger partial charge in [-0.15, -0.1) is 0 Å². The Morgan fingerprint density at radius 3 is 2.35 bits per heavy atom. The molecule has 4 fully saturated rings. The van der Waals surface area contributed by atoms with E-state index in [1.165, 1.54) is 0 Å². The van der Waals surface area contributed by atoms with Gasteiger partial charge in [-0.3, -0.25) is 24.1 Å².